The summed E-state index contributed by atoms with van der Waals surface area (Å²) in [6.07, 6.45) is 1.07. The van der Waals surface area contributed by atoms with Gasteiger partial charge in [0.2, 0.25) is 5.95 Å². The molecule has 2 aliphatic rings. The summed E-state index contributed by atoms with van der Waals surface area (Å²) >= 11 is 0. The fraction of sp³-hybridized carbons (Fsp3) is 0. The molecule has 0 radical (unpaired) electrons. The number of anilines is 6. The third kappa shape index (κ3) is 2.38. The maximum atomic E-state index is 14.0. The molecule has 3 heterocycles. The highest BCUT2D eigenvalue weighted by atomic mass is 19.1. The Morgan fingerprint density at radius 2 is 1.48 bits per heavy atom. The van der Waals surface area contributed by atoms with E-state index in [-0.39, 0.29) is 11.8 Å². The Hall–Kier alpha value is -3.75. The summed E-state index contributed by atoms with van der Waals surface area (Å²) < 4.78 is 24.4. The largest absolute Gasteiger partial charge is 0.447 e. The monoisotopic (exact) mass is 338 g/mol. The van der Waals surface area contributed by atoms with Crippen molar-refractivity contribution in [3.8, 4) is 23.0 Å². The van der Waals surface area contributed by atoms with Crippen LogP contribution in [0.2, 0.25) is 0 Å². The van der Waals surface area contributed by atoms with E-state index in [9.17, 15) is 4.39 Å². The topological polar surface area (TPSA) is 127 Å². The molecule has 0 atom stereocenters. The quantitative estimate of drug-likeness (QED) is 0.290. The predicted octanol–water partition coefficient (Wildman–Crippen LogP) is 3.48. The molecule has 0 fully saturated rings. The van der Waals surface area contributed by atoms with E-state index >= 15 is 0 Å². The predicted molar refractivity (Wildman–Crippen MR) is 90.4 cm³/mol. The fourth-order valence-electron chi connectivity index (χ4n) is 2.52. The van der Waals surface area contributed by atoms with Gasteiger partial charge in [0.05, 0.1) is 17.6 Å². The van der Waals surface area contributed by atoms with Gasteiger partial charge >= 0.3 is 0 Å². The first kappa shape index (κ1) is 13.7. The average molecular weight is 338 g/mol. The molecule has 0 saturated carbocycles. The van der Waals surface area contributed by atoms with Gasteiger partial charge in [-0.1, -0.05) is 0 Å². The van der Waals surface area contributed by atoms with Gasteiger partial charge in [0, 0.05) is 23.5 Å². The molecule has 0 aliphatic carbocycles. The third-order valence-corrected chi connectivity index (χ3v) is 3.77. The van der Waals surface area contributed by atoms with Gasteiger partial charge in [-0.25, -0.2) is 9.37 Å². The lowest BCUT2D eigenvalue weighted by atomic mass is 10.3. The number of aromatic nitrogens is 2. The second-order valence-corrected chi connectivity index (χ2v) is 5.63. The lowest BCUT2D eigenvalue weighted by molar-refractivity contribution is 0.619. The van der Waals surface area contributed by atoms with Crippen LogP contribution in [0.25, 0.3) is 0 Å². The standard InChI is InChI=1S/C16H11FN6O2/c17-8-5-20-16(22-7-2-10(19)14-12(4-7)25-14)23-15(8)21-6-1-9(18)13-11(3-6)24-13/h1-5H,18-19H2,(H2,20,21,22,23). The van der Waals surface area contributed by atoms with Crippen molar-refractivity contribution >= 4 is 34.5 Å². The molecule has 25 heavy (non-hydrogen) atoms. The number of fused-ring (bicyclic) bond motifs is 2. The molecule has 5 rings (SSSR count). The van der Waals surface area contributed by atoms with Crippen LogP contribution < -0.4 is 31.6 Å². The number of nitrogen functional groups attached to an aromatic ring is 2. The van der Waals surface area contributed by atoms with Gasteiger partial charge in [0.15, 0.2) is 34.6 Å². The van der Waals surface area contributed by atoms with Crippen LogP contribution in [0.5, 0.6) is 23.0 Å². The molecule has 0 amide bonds. The van der Waals surface area contributed by atoms with Gasteiger partial charge in [0.1, 0.15) is 0 Å². The van der Waals surface area contributed by atoms with E-state index in [1.54, 1.807) is 24.3 Å². The van der Waals surface area contributed by atoms with Crippen LogP contribution in [0.3, 0.4) is 0 Å². The summed E-state index contributed by atoms with van der Waals surface area (Å²) in [5, 5.41) is 5.84. The van der Waals surface area contributed by atoms with Crippen molar-refractivity contribution < 1.29 is 13.9 Å². The lowest BCUT2D eigenvalue weighted by Crippen LogP contribution is -2.03. The molecular formula is C16H11FN6O2. The van der Waals surface area contributed by atoms with E-state index in [0.29, 0.717) is 45.7 Å². The molecule has 2 aliphatic heterocycles. The Morgan fingerprint density at radius 1 is 0.880 bits per heavy atom. The van der Waals surface area contributed by atoms with Gasteiger partial charge in [-0.05, 0) is 12.1 Å². The number of hydrogen-bond donors (Lipinski definition) is 4. The van der Waals surface area contributed by atoms with Crippen molar-refractivity contribution in [3.05, 3.63) is 36.3 Å². The van der Waals surface area contributed by atoms with E-state index in [2.05, 4.69) is 20.6 Å². The zero-order chi connectivity index (χ0) is 17.1. The minimum Gasteiger partial charge on any atom is -0.447 e. The summed E-state index contributed by atoms with van der Waals surface area (Å²) in [5.74, 6) is 2.31. The number of nitrogens with one attached hydrogen (secondary N) is 2. The highest BCUT2D eigenvalue weighted by Crippen LogP contribution is 2.52. The Labute approximate surface area is 140 Å². The van der Waals surface area contributed by atoms with Gasteiger partial charge in [0.25, 0.3) is 0 Å². The van der Waals surface area contributed by atoms with E-state index in [0.717, 1.165) is 6.20 Å². The normalized spacial score (nSPS) is 12.4. The van der Waals surface area contributed by atoms with Crippen LogP contribution in [-0.4, -0.2) is 9.97 Å². The Balaban J connectivity index is 1.42. The van der Waals surface area contributed by atoms with Crippen LogP contribution in [-0.2, 0) is 0 Å². The molecule has 0 bridgehead atoms. The number of ether oxygens (including phenoxy) is 2. The molecule has 3 aromatic rings. The number of nitrogens with two attached hydrogens (primary N) is 2. The molecule has 9 heteroatoms. The lowest BCUT2D eigenvalue weighted by Gasteiger charge is -2.09. The molecule has 6 N–H and O–H groups in total. The summed E-state index contributed by atoms with van der Waals surface area (Å²) in [5.41, 5.74) is 13.8. The smallest absolute Gasteiger partial charge is 0.229 e. The minimum atomic E-state index is -0.599. The summed E-state index contributed by atoms with van der Waals surface area (Å²) in [4.78, 5) is 8.07. The number of halogens is 1. The fourth-order valence-corrected chi connectivity index (χ4v) is 2.52. The third-order valence-electron chi connectivity index (χ3n) is 3.77. The molecule has 8 nitrogen and oxygen atoms in total. The van der Waals surface area contributed by atoms with E-state index in [1.165, 1.54) is 0 Å². The SMILES string of the molecule is Nc1cc(Nc2ncc(F)c(Nc3cc(N)c4c(c3)O4)n2)cc2c1O2. The molecule has 124 valence electrons. The van der Waals surface area contributed by atoms with Crippen molar-refractivity contribution in [2.75, 3.05) is 22.1 Å². The summed E-state index contributed by atoms with van der Waals surface area (Å²) in [7, 11) is 0. The van der Waals surface area contributed by atoms with Crippen LogP contribution in [0.4, 0.5) is 38.9 Å². The van der Waals surface area contributed by atoms with Crippen molar-refractivity contribution in [2.45, 2.75) is 0 Å². The minimum absolute atomic E-state index is 0.00781. The second kappa shape index (κ2) is 4.63. The number of hydrogen-bond acceptors (Lipinski definition) is 8. The van der Waals surface area contributed by atoms with Crippen molar-refractivity contribution in [2.24, 2.45) is 0 Å². The van der Waals surface area contributed by atoms with Crippen LogP contribution in [0.1, 0.15) is 0 Å². The molecule has 0 saturated heterocycles. The van der Waals surface area contributed by atoms with Gasteiger partial charge in [-0.3, -0.25) is 0 Å². The Bertz CT molecular complexity index is 1060. The summed E-state index contributed by atoms with van der Waals surface area (Å²) in [6.45, 7) is 0. The van der Waals surface area contributed by atoms with Crippen LogP contribution >= 0.6 is 0 Å². The Morgan fingerprint density at radius 3 is 2.08 bits per heavy atom. The van der Waals surface area contributed by atoms with Crippen LogP contribution in [0, 0.1) is 5.82 Å². The maximum absolute atomic E-state index is 14.0. The number of nitrogens with zero attached hydrogens (tertiary/aromatic N) is 2. The average Bonchev–Trinajstić information content (AvgIpc) is 3.44. The van der Waals surface area contributed by atoms with E-state index < -0.39 is 5.82 Å². The van der Waals surface area contributed by atoms with Crippen LogP contribution in [0.15, 0.2) is 30.5 Å². The first-order valence-electron chi connectivity index (χ1n) is 7.36. The zero-order valence-electron chi connectivity index (χ0n) is 12.6. The van der Waals surface area contributed by atoms with E-state index in [4.69, 9.17) is 20.9 Å². The van der Waals surface area contributed by atoms with Crippen molar-refractivity contribution in [1.82, 2.24) is 9.97 Å². The number of benzene rings is 2. The Kier molecular flexibility index (Phi) is 2.53. The van der Waals surface area contributed by atoms with Crippen molar-refractivity contribution in [3.63, 3.8) is 0 Å². The molecule has 0 unspecified atom stereocenters. The second-order valence-electron chi connectivity index (χ2n) is 5.63. The maximum Gasteiger partial charge on any atom is 0.229 e. The van der Waals surface area contributed by atoms with Gasteiger partial charge in [-0.15, -0.1) is 0 Å². The van der Waals surface area contributed by atoms with E-state index in [1.807, 2.05) is 0 Å². The van der Waals surface area contributed by atoms with Gasteiger partial charge in [-0.2, -0.15) is 4.98 Å². The molecule has 0 spiro atoms. The van der Waals surface area contributed by atoms with Gasteiger partial charge < -0.3 is 31.6 Å². The molecule has 1 aromatic heterocycles. The summed E-state index contributed by atoms with van der Waals surface area (Å²) in [6, 6.07) is 6.81. The first-order valence-corrected chi connectivity index (χ1v) is 7.36. The molecule has 2 aromatic carbocycles. The first-order chi connectivity index (χ1) is 12.1. The highest BCUT2D eigenvalue weighted by Gasteiger charge is 2.25. The highest BCUT2D eigenvalue weighted by molar-refractivity contribution is 5.79. The van der Waals surface area contributed by atoms with Crippen molar-refractivity contribution in [1.29, 1.82) is 0 Å². The number of rotatable bonds is 4. The molecular weight excluding hydrogens is 327 g/mol. The zero-order valence-corrected chi connectivity index (χ0v) is 12.6.